The van der Waals surface area contributed by atoms with Crippen molar-refractivity contribution in [1.82, 2.24) is 10.2 Å². The normalized spacial score (nSPS) is 16.7. The number of carbonyl (C=O) groups excluding carboxylic acids is 1. The monoisotopic (exact) mass is 365 g/mol. The maximum absolute atomic E-state index is 12.7. The van der Waals surface area contributed by atoms with Gasteiger partial charge in [-0.05, 0) is 61.7 Å². The molecule has 0 radical (unpaired) electrons. The Balaban J connectivity index is 1.67. The van der Waals surface area contributed by atoms with Crippen molar-refractivity contribution in [2.75, 3.05) is 38.6 Å². The van der Waals surface area contributed by atoms with Crippen molar-refractivity contribution in [1.29, 1.82) is 0 Å². The van der Waals surface area contributed by atoms with Crippen molar-refractivity contribution in [3.63, 3.8) is 0 Å². The topological polar surface area (TPSA) is 35.6 Å². The third-order valence-electron chi connectivity index (χ3n) is 5.55. The van der Waals surface area contributed by atoms with E-state index >= 15 is 0 Å². The maximum atomic E-state index is 12.7. The molecule has 1 heterocycles. The molecule has 1 atom stereocenters. The summed E-state index contributed by atoms with van der Waals surface area (Å²) in [5.74, 6) is 0.786. The molecule has 1 saturated heterocycles. The van der Waals surface area contributed by atoms with Gasteiger partial charge in [0, 0.05) is 31.9 Å². The Morgan fingerprint density at radius 3 is 2.30 bits per heavy atom. The fourth-order valence-corrected chi connectivity index (χ4v) is 3.68. The van der Waals surface area contributed by atoms with E-state index in [-0.39, 0.29) is 11.9 Å². The van der Waals surface area contributed by atoms with Crippen LogP contribution in [-0.4, -0.2) is 44.5 Å². The second-order valence-corrected chi connectivity index (χ2v) is 7.80. The number of nitrogens with zero attached hydrogens (tertiary/aromatic N) is 2. The molecule has 4 nitrogen and oxygen atoms in total. The molecule has 0 aliphatic carbocycles. The predicted octanol–water partition coefficient (Wildman–Crippen LogP) is 3.96. The molecule has 2 aromatic carbocycles. The third kappa shape index (κ3) is 5.10. The van der Waals surface area contributed by atoms with E-state index in [1.165, 1.54) is 18.4 Å². The quantitative estimate of drug-likeness (QED) is 0.842. The summed E-state index contributed by atoms with van der Waals surface area (Å²) in [5, 5.41) is 3.16. The Kier molecular flexibility index (Phi) is 6.51. The molecule has 1 unspecified atom stereocenters. The smallest absolute Gasteiger partial charge is 0.251 e. The number of amides is 1. The van der Waals surface area contributed by atoms with Crippen LogP contribution >= 0.6 is 0 Å². The van der Waals surface area contributed by atoms with Crippen LogP contribution in [-0.2, 0) is 0 Å². The van der Waals surface area contributed by atoms with Crippen molar-refractivity contribution >= 4 is 11.6 Å². The molecule has 0 spiro atoms. The van der Waals surface area contributed by atoms with Gasteiger partial charge < -0.3 is 10.2 Å². The van der Waals surface area contributed by atoms with Crippen LogP contribution in [0.25, 0.3) is 0 Å². The van der Waals surface area contributed by atoms with Gasteiger partial charge in [0.05, 0.1) is 6.04 Å². The number of anilines is 1. The summed E-state index contributed by atoms with van der Waals surface area (Å²) in [4.78, 5) is 17.2. The number of rotatable bonds is 6. The first-order valence-corrected chi connectivity index (χ1v) is 9.89. The minimum absolute atomic E-state index is 0.00776. The number of likely N-dealkylation sites (tertiary alicyclic amines) is 1. The molecule has 1 aliphatic rings. The second-order valence-electron chi connectivity index (χ2n) is 7.80. The van der Waals surface area contributed by atoms with Gasteiger partial charge in [-0.1, -0.05) is 37.3 Å². The molecule has 1 aliphatic heterocycles. The highest BCUT2D eigenvalue weighted by Crippen LogP contribution is 2.26. The molecular weight excluding hydrogens is 334 g/mol. The molecule has 27 heavy (non-hydrogen) atoms. The van der Waals surface area contributed by atoms with E-state index in [1.54, 1.807) is 0 Å². The zero-order valence-corrected chi connectivity index (χ0v) is 16.7. The number of nitrogens with one attached hydrogen (secondary N) is 1. The molecule has 1 fully saturated rings. The number of benzene rings is 2. The fourth-order valence-electron chi connectivity index (χ4n) is 3.68. The van der Waals surface area contributed by atoms with Crippen LogP contribution in [0.15, 0.2) is 54.6 Å². The van der Waals surface area contributed by atoms with E-state index in [9.17, 15) is 4.79 Å². The van der Waals surface area contributed by atoms with Gasteiger partial charge in [-0.3, -0.25) is 9.69 Å². The third-order valence-corrected chi connectivity index (χ3v) is 5.55. The summed E-state index contributed by atoms with van der Waals surface area (Å²) in [6.45, 7) is 5.14. The molecule has 144 valence electrons. The molecule has 0 aromatic heterocycles. The van der Waals surface area contributed by atoms with Crippen LogP contribution in [0.1, 0.15) is 41.7 Å². The Hall–Kier alpha value is -2.33. The van der Waals surface area contributed by atoms with Gasteiger partial charge in [0.15, 0.2) is 0 Å². The zero-order valence-electron chi connectivity index (χ0n) is 16.7. The average Bonchev–Trinajstić information content (AvgIpc) is 2.70. The van der Waals surface area contributed by atoms with Crippen molar-refractivity contribution in [3.8, 4) is 0 Å². The van der Waals surface area contributed by atoms with Crippen LogP contribution in [0, 0.1) is 5.92 Å². The molecule has 0 bridgehead atoms. The Morgan fingerprint density at radius 1 is 1.07 bits per heavy atom. The summed E-state index contributed by atoms with van der Waals surface area (Å²) < 4.78 is 0. The molecule has 0 saturated carbocycles. The highest BCUT2D eigenvalue weighted by molar-refractivity contribution is 5.94. The van der Waals surface area contributed by atoms with Crippen molar-refractivity contribution in [3.05, 3.63) is 65.7 Å². The van der Waals surface area contributed by atoms with E-state index in [4.69, 9.17) is 0 Å². The summed E-state index contributed by atoms with van der Waals surface area (Å²) in [6, 6.07) is 18.5. The lowest BCUT2D eigenvalue weighted by atomic mass is 9.95. The van der Waals surface area contributed by atoms with Crippen molar-refractivity contribution in [2.24, 2.45) is 5.92 Å². The lowest BCUT2D eigenvalue weighted by molar-refractivity contribution is 0.0913. The van der Waals surface area contributed by atoms with Crippen LogP contribution in [0.4, 0.5) is 5.69 Å². The first kappa shape index (κ1) is 19.4. The number of piperidine rings is 1. The van der Waals surface area contributed by atoms with Gasteiger partial charge in [-0.15, -0.1) is 0 Å². The molecule has 3 rings (SSSR count). The summed E-state index contributed by atoms with van der Waals surface area (Å²) in [7, 11) is 4.00. The minimum atomic E-state index is -0.00776. The molecule has 1 N–H and O–H groups in total. The second kappa shape index (κ2) is 9.05. The predicted molar refractivity (Wildman–Crippen MR) is 112 cm³/mol. The first-order valence-electron chi connectivity index (χ1n) is 9.89. The highest BCUT2D eigenvalue weighted by Gasteiger charge is 2.25. The van der Waals surface area contributed by atoms with Gasteiger partial charge in [0.2, 0.25) is 0 Å². The SMILES string of the molecule is CC1CCN(C(CNC(=O)c2ccc(N(C)C)cc2)c2ccccc2)CC1. The lowest BCUT2D eigenvalue weighted by Crippen LogP contribution is -2.42. The molecular formula is C23H31N3O. The van der Waals surface area contributed by atoms with Crippen LogP contribution in [0.5, 0.6) is 0 Å². The fraction of sp³-hybridized carbons (Fsp3) is 0.435. The van der Waals surface area contributed by atoms with E-state index in [0.29, 0.717) is 12.1 Å². The minimum Gasteiger partial charge on any atom is -0.378 e. The molecule has 4 heteroatoms. The average molecular weight is 366 g/mol. The van der Waals surface area contributed by atoms with Gasteiger partial charge in [-0.25, -0.2) is 0 Å². The van der Waals surface area contributed by atoms with E-state index in [0.717, 1.165) is 24.7 Å². The summed E-state index contributed by atoms with van der Waals surface area (Å²) in [5.41, 5.74) is 3.08. The Labute approximate surface area is 163 Å². The van der Waals surface area contributed by atoms with E-state index in [2.05, 4.69) is 41.4 Å². The highest BCUT2D eigenvalue weighted by atomic mass is 16.1. The van der Waals surface area contributed by atoms with Gasteiger partial charge in [-0.2, -0.15) is 0 Å². The van der Waals surface area contributed by atoms with Gasteiger partial charge >= 0.3 is 0 Å². The van der Waals surface area contributed by atoms with Crippen molar-refractivity contribution in [2.45, 2.75) is 25.8 Å². The van der Waals surface area contributed by atoms with Crippen molar-refractivity contribution < 1.29 is 4.79 Å². The van der Waals surface area contributed by atoms with E-state index < -0.39 is 0 Å². The van der Waals surface area contributed by atoms with E-state index in [1.807, 2.05) is 49.3 Å². The van der Waals surface area contributed by atoms with Crippen LogP contribution in [0.3, 0.4) is 0 Å². The van der Waals surface area contributed by atoms with Gasteiger partial charge in [0.25, 0.3) is 5.91 Å². The molecule has 1 amide bonds. The Morgan fingerprint density at radius 2 is 1.70 bits per heavy atom. The number of hydrogen-bond donors (Lipinski definition) is 1. The summed E-state index contributed by atoms with van der Waals surface area (Å²) >= 11 is 0. The number of carbonyl (C=O) groups is 1. The maximum Gasteiger partial charge on any atom is 0.251 e. The van der Waals surface area contributed by atoms with Crippen LogP contribution in [0.2, 0.25) is 0 Å². The van der Waals surface area contributed by atoms with Crippen LogP contribution < -0.4 is 10.2 Å². The zero-order chi connectivity index (χ0) is 19.2. The lowest BCUT2D eigenvalue weighted by Gasteiger charge is -2.37. The van der Waals surface area contributed by atoms with Gasteiger partial charge in [0.1, 0.15) is 0 Å². The Bertz CT molecular complexity index is 719. The molecule has 2 aromatic rings. The largest absolute Gasteiger partial charge is 0.378 e. The summed E-state index contributed by atoms with van der Waals surface area (Å²) in [6.07, 6.45) is 2.45. The standard InChI is InChI=1S/C23H31N3O/c1-18-13-15-26(16-14-18)22(19-7-5-4-6-8-19)17-24-23(27)20-9-11-21(12-10-20)25(2)3/h4-12,18,22H,13-17H2,1-3H3,(H,24,27). The number of hydrogen-bond acceptors (Lipinski definition) is 3. The first-order chi connectivity index (χ1) is 13.0.